The fourth-order valence-corrected chi connectivity index (χ4v) is 14.6. The highest BCUT2D eigenvalue weighted by molar-refractivity contribution is 5.84. The topological polar surface area (TPSA) is 64.0 Å². The van der Waals surface area contributed by atoms with Crippen LogP contribution in [-0.2, 0) is 4.79 Å². The number of allylic oxidation sites excluding steroid dienone is 1. The Labute approximate surface area is 275 Å². The van der Waals surface area contributed by atoms with Crippen LogP contribution in [0.4, 0.5) is 0 Å². The Morgan fingerprint density at radius 2 is 1.49 bits per heavy atom. The van der Waals surface area contributed by atoms with Gasteiger partial charge >= 0.3 is 0 Å². The Hall–Kier alpha value is -0.910. The Balaban J connectivity index is 1.17. The van der Waals surface area contributed by atoms with Crippen molar-refractivity contribution in [3.8, 4) is 0 Å². The third kappa shape index (κ3) is 4.50. The molecule has 1 amide bonds. The molecule has 0 unspecified atom stereocenters. The molecule has 7 rings (SSSR count). The summed E-state index contributed by atoms with van der Waals surface area (Å²) in [6.07, 6.45) is 17.0. The van der Waals surface area contributed by atoms with Crippen molar-refractivity contribution in [2.75, 3.05) is 32.8 Å². The number of likely N-dealkylation sites (tertiary alicyclic amines) is 2. The Morgan fingerprint density at radius 1 is 0.778 bits per heavy atom. The molecule has 2 heterocycles. The lowest BCUT2D eigenvalue weighted by Crippen LogP contribution is -2.68. The molecule has 11 atom stereocenters. The predicted octanol–water partition coefficient (Wildman–Crippen LogP) is 7.45. The van der Waals surface area contributed by atoms with Crippen LogP contribution in [0, 0.1) is 56.7 Å². The molecule has 0 aromatic carbocycles. The molecule has 254 valence electrons. The van der Waals surface area contributed by atoms with Crippen molar-refractivity contribution in [2.45, 2.75) is 143 Å². The summed E-state index contributed by atoms with van der Waals surface area (Å²) in [5, 5.41) is 21.7. The van der Waals surface area contributed by atoms with Crippen LogP contribution in [0.15, 0.2) is 12.2 Å². The van der Waals surface area contributed by atoms with Gasteiger partial charge in [-0.25, -0.2) is 0 Å². The van der Waals surface area contributed by atoms with Gasteiger partial charge in [-0.2, -0.15) is 0 Å². The number of piperidine rings is 2. The molecule has 2 saturated heterocycles. The standard InChI is InChI=1S/C40H66N2O3/c1-27(2)29-12-19-40(35(45)42-24-15-28(16-25-42)41-22-8-7-9-23-41)21-20-38(5)30(34(29)40)10-11-32-36(3)17-14-33(44)37(4,26-43)31(36)13-18-39(32,38)6/h28-34,43-44H,1,7-26H2,2-6H3/t29-,30+,31+,32+,33-,34+,36-,37-,38+,39+,40-/m0/s1. The number of aliphatic hydroxyl groups excluding tert-OH is 2. The Kier molecular flexibility index (Phi) is 8.21. The van der Waals surface area contributed by atoms with Crippen molar-refractivity contribution >= 4 is 5.91 Å². The molecular weight excluding hydrogens is 556 g/mol. The van der Waals surface area contributed by atoms with E-state index in [1.807, 2.05) is 0 Å². The minimum Gasteiger partial charge on any atom is -0.396 e. The quantitative estimate of drug-likeness (QED) is 0.320. The number of aliphatic hydroxyl groups is 2. The number of rotatable bonds is 4. The molecule has 0 aromatic rings. The van der Waals surface area contributed by atoms with Crippen LogP contribution < -0.4 is 0 Å². The fourth-order valence-electron chi connectivity index (χ4n) is 14.6. The Bertz CT molecular complexity index is 1160. The van der Waals surface area contributed by atoms with Gasteiger partial charge in [-0.15, -0.1) is 0 Å². The maximum atomic E-state index is 15.0. The number of hydrogen-bond acceptors (Lipinski definition) is 4. The highest BCUT2D eigenvalue weighted by Gasteiger charge is 2.72. The first kappa shape index (κ1) is 32.6. The molecule has 0 bridgehead atoms. The summed E-state index contributed by atoms with van der Waals surface area (Å²) in [5.74, 6) is 2.91. The van der Waals surface area contributed by atoms with E-state index in [4.69, 9.17) is 0 Å². The number of carbonyl (C=O) groups excluding carboxylic acids is 1. The average molecular weight is 623 g/mol. The summed E-state index contributed by atoms with van der Waals surface area (Å²) in [6, 6.07) is 0.671. The molecule has 5 nitrogen and oxygen atoms in total. The van der Waals surface area contributed by atoms with Crippen LogP contribution in [0.1, 0.15) is 131 Å². The molecule has 7 aliphatic rings. The van der Waals surface area contributed by atoms with E-state index in [2.05, 4.69) is 51.0 Å². The van der Waals surface area contributed by atoms with E-state index in [9.17, 15) is 15.0 Å². The number of carbonyl (C=O) groups is 1. The summed E-state index contributed by atoms with van der Waals surface area (Å²) >= 11 is 0. The predicted molar refractivity (Wildman–Crippen MR) is 181 cm³/mol. The first-order valence-corrected chi connectivity index (χ1v) is 19.3. The fraction of sp³-hybridized carbons (Fsp3) is 0.925. The first-order chi connectivity index (χ1) is 21.4. The molecule has 0 radical (unpaired) electrons. The molecular formula is C40H66N2O3. The SMILES string of the molecule is C=C(C)[C@@H]1CC[C@]2(C(=O)N3CCC(N4CCCCC4)CC3)CC[C@]3(C)[C@H](CC[C@@H]4[C@@]5(C)CC[C@H](O)[C@@](C)(CO)[C@@H]5CC[C@]43C)[C@@H]12. The second kappa shape index (κ2) is 11.3. The molecule has 7 fully saturated rings. The summed E-state index contributed by atoms with van der Waals surface area (Å²) in [6.45, 7) is 21.3. The summed E-state index contributed by atoms with van der Waals surface area (Å²) in [7, 11) is 0. The van der Waals surface area contributed by atoms with Gasteiger partial charge in [0.1, 0.15) is 0 Å². The van der Waals surface area contributed by atoms with E-state index in [0.717, 1.165) is 64.5 Å². The van der Waals surface area contributed by atoms with Crippen LogP contribution in [-0.4, -0.2) is 70.9 Å². The third-order valence-corrected chi connectivity index (χ3v) is 17.3. The van der Waals surface area contributed by atoms with Gasteiger partial charge in [0.2, 0.25) is 5.91 Å². The molecule has 2 aliphatic heterocycles. The third-order valence-electron chi connectivity index (χ3n) is 17.3. The van der Waals surface area contributed by atoms with Crippen LogP contribution in [0.25, 0.3) is 0 Å². The zero-order valence-electron chi connectivity index (χ0n) is 29.6. The normalized spacial score (nSPS) is 50.7. The van der Waals surface area contributed by atoms with Gasteiger partial charge in [-0.3, -0.25) is 4.79 Å². The van der Waals surface area contributed by atoms with Crippen LogP contribution >= 0.6 is 0 Å². The second-order valence-corrected chi connectivity index (χ2v) is 18.7. The highest BCUT2D eigenvalue weighted by Crippen LogP contribution is 2.77. The van der Waals surface area contributed by atoms with Crippen LogP contribution in [0.3, 0.4) is 0 Å². The van der Waals surface area contributed by atoms with E-state index in [0.29, 0.717) is 41.5 Å². The summed E-state index contributed by atoms with van der Waals surface area (Å²) in [5.41, 5.74) is 1.25. The monoisotopic (exact) mass is 623 g/mol. The first-order valence-electron chi connectivity index (χ1n) is 19.3. The maximum Gasteiger partial charge on any atom is 0.229 e. The Morgan fingerprint density at radius 3 is 2.16 bits per heavy atom. The molecule has 2 N–H and O–H groups in total. The van der Waals surface area contributed by atoms with Gasteiger partial charge in [0.15, 0.2) is 0 Å². The number of fused-ring (bicyclic) bond motifs is 7. The summed E-state index contributed by atoms with van der Waals surface area (Å²) in [4.78, 5) is 20.0. The van der Waals surface area contributed by atoms with Crippen molar-refractivity contribution < 1.29 is 15.0 Å². The van der Waals surface area contributed by atoms with Gasteiger partial charge in [-0.1, -0.05) is 46.3 Å². The zero-order chi connectivity index (χ0) is 32.0. The van der Waals surface area contributed by atoms with Gasteiger partial charge in [0, 0.05) is 24.5 Å². The van der Waals surface area contributed by atoms with E-state index >= 15 is 0 Å². The zero-order valence-corrected chi connectivity index (χ0v) is 29.6. The maximum absolute atomic E-state index is 15.0. The molecule has 5 heteroatoms. The van der Waals surface area contributed by atoms with Crippen molar-refractivity contribution in [3.63, 3.8) is 0 Å². The minimum absolute atomic E-state index is 0.0834. The molecule has 5 aliphatic carbocycles. The molecule has 45 heavy (non-hydrogen) atoms. The summed E-state index contributed by atoms with van der Waals surface area (Å²) < 4.78 is 0. The van der Waals surface area contributed by atoms with E-state index < -0.39 is 11.5 Å². The molecule has 0 aromatic heterocycles. The average Bonchev–Trinajstić information content (AvgIpc) is 3.45. The molecule has 5 saturated carbocycles. The van der Waals surface area contributed by atoms with Gasteiger partial charge in [-0.05, 0) is 156 Å². The van der Waals surface area contributed by atoms with Crippen molar-refractivity contribution in [2.24, 2.45) is 56.7 Å². The lowest BCUT2D eigenvalue weighted by molar-refractivity contribution is -0.253. The minimum atomic E-state index is -0.405. The van der Waals surface area contributed by atoms with Gasteiger partial charge in [0.05, 0.1) is 18.1 Å². The highest BCUT2D eigenvalue weighted by atomic mass is 16.3. The van der Waals surface area contributed by atoms with Crippen LogP contribution in [0.5, 0.6) is 0 Å². The van der Waals surface area contributed by atoms with Crippen LogP contribution in [0.2, 0.25) is 0 Å². The van der Waals surface area contributed by atoms with Crippen molar-refractivity contribution in [1.82, 2.24) is 9.80 Å². The van der Waals surface area contributed by atoms with Gasteiger partial charge < -0.3 is 20.0 Å². The van der Waals surface area contributed by atoms with Gasteiger partial charge in [0.25, 0.3) is 0 Å². The number of nitrogens with zero attached hydrogens (tertiary/aromatic N) is 2. The second-order valence-electron chi connectivity index (χ2n) is 18.7. The van der Waals surface area contributed by atoms with E-state index in [1.165, 1.54) is 63.6 Å². The van der Waals surface area contributed by atoms with E-state index in [-0.39, 0.29) is 28.3 Å². The number of amides is 1. The van der Waals surface area contributed by atoms with Crippen molar-refractivity contribution in [3.05, 3.63) is 12.2 Å². The van der Waals surface area contributed by atoms with E-state index in [1.54, 1.807) is 0 Å². The van der Waals surface area contributed by atoms with Crippen molar-refractivity contribution in [1.29, 1.82) is 0 Å². The lowest BCUT2D eigenvalue weighted by Gasteiger charge is -2.73. The smallest absolute Gasteiger partial charge is 0.229 e. The largest absolute Gasteiger partial charge is 0.396 e. The number of hydrogen-bond donors (Lipinski definition) is 2. The lowest BCUT2D eigenvalue weighted by atomic mass is 9.32. The molecule has 0 spiro atoms.